The van der Waals surface area contributed by atoms with Crippen molar-refractivity contribution >= 4 is 43.9 Å². The van der Waals surface area contributed by atoms with E-state index in [4.69, 9.17) is 11.6 Å². The zero-order valence-electron chi connectivity index (χ0n) is 16.9. The van der Waals surface area contributed by atoms with Gasteiger partial charge in [-0.15, -0.1) is 0 Å². The van der Waals surface area contributed by atoms with E-state index in [1.165, 1.54) is 0 Å². The van der Waals surface area contributed by atoms with Gasteiger partial charge in [0.05, 0.1) is 10.6 Å². The summed E-state index contributed by atoms with van der Waals surface area (Å²) in [5.41, 5.74) is 2.13. The minimum atomic E-state index is -3.63. The van der Waals surface area contributed by atoms with Crippen molar-refractivity contribution in [3.63, 3.8) is 0 Å². The van der Waals surface area contributed by atoms with Crippen molar-refractivity contribution in [2.24, 2.45) is 0 Å². The van der Waals surface area contributed by atoms with Gasteiger partial charge >= 0.3 is 0 Å². The molecule has 0 bridgehead atoms. The van der Waals surface area contributed by atoms with Gasteiger partial charge in [0.1, 0.15) is 6.54 Å². The molecule has 0 fully saturated rings. The average Bonchev–Trinajstić information content (AvgIpc) is 3.15. The molecule has 5 nitrogen and oxygen atoms in total. The number of carbonyl (C=O) groups excluding carboxylic acids is 1. The second kappa shape index (κ2) is 8.57. The maximum atomic E-state index is 13.2. The van der Waals surface area contributed by atoms with Gasteiger partial charge in [0.25, 0.3) is 0 Å². The lowest BCUT2D eigenvalue weighted by atomic mass is 10.2. The molecule has 158 valence electrons. The molecule has 1 amide bonds. The summed E-state index contributed by atoms with van der Waals surface area (Å²) in [5.74, 6) is -0.288. The molecule has 0 aliphatic rings. The first-order valence-electron chi connectivity index (χ1n) is 9.72. The van der Waals surface area contributed by atoms with Crippen molar-refractivity contribution in [1.82, 2.24) is 4.57 Å². The molecule has 4 aromatic rings. The number of carbonyl (C=O) groups is 1. The van der Waals surface area contributed by atoms with Crippen molar-refractivity contribution in [3.8, 4) is 0 Å². The number of para-hydroxylation sites is 2. The van der Waals surface area contributed by atoms with E-state index in [1.54, 1.807) is 59.1 Å². The quantitative estimate of drug-likeness (QED) is 0.416. The van der Waals surface area contributed by atoms with Gasteiger partial charge in [-0.1, -0.05) is 60.1 Å². The van der Waals surface area contributed by atoms with Crippen LogP contribution in [0.15, 0.2) is 90.0 Å². The Morgan fingerprint density at radius 3 is 2.29 bits per heavy atom. The summed E-state index contributed by atoms with van der Waals surface area (Å²) >= 11 is 5.91. The summed E-state index contributed by atoms with van der Waals surface area (Å²) in [4.78, 5) is 14.7. The molecule has 0 N–H and O–H groups in total. The van der Waals surface area contributed by atoms with Crippen LogP contribution in [0, 0.1) is 0 Å². The Hall–Kier alpha value is -3.09. The number of likely N-dealkylation sites (N-methyl/N-ethyl adjacent to an activating group) is 1. The number of hydrogen-bond acceptors (Lipinski definition) is 3. The number of fused-ring (bicyclic) bond motifs is 1. The molecule has 7 heteroatoms. The molecule has 1 aromatic heterocycles. The Morgan fingerprint density at radius 1 is 0.935 bits per heavy atom. The second-order valence-corrected chi connectivity index (χ2v) is 9.71. The molecule has 31 heavy (non-hydrogen) atoms. The topological polar surface area (TPSA) is 59.4 Å². The first-order valence-corrected chi connectivity index (χ1v) is 11.7. The van der Waals surface area contributed by atoms with Crippen LogP contribution in [0.5, 0.6) is 0 Å². The van der Waals surface area contributed by atoms with Crippen molar-refractivity contribution in [2.45, 2.75) is 17.2 Å². The van der Waals surface area contributed by atoms with Gasteiger partial charge in [0.2, 0.25) is 5.91 Å². The smallest absolute Gasteiger partial charge is 0.246 e. The summed E-state index contributed by atoms with van der Waals surface area (Å²) in [6.45, 7) is 0.0301. The lowest BCUT2D eigenvalue weighted by molar-refractivity contribution is -0.118. The van der Waals surface area contributed by atoms with Crippen molar-refractivity contribution in [3.05, 3.63) is 95.6 Å². The monoisotopic (exact) mass is 452 g/mol. The minimum Gasteiger partial charge on any atom is -0.337 e. The lowest BCUT2D eigenvalue weighted by Crippen LogP contribution is -2.29. The van der Waals surface area contributed by atoms with Gasteiger partial charge in [-0.2, -0.15) is 0 Å². The predicted molar refractivity (Wildman–Crippen MR) is 124 cm³/mol. The molecule has 3 aromatic carbocycles. The highest BCUT2D eigenvalue weighted by molar-refractivity contribution is 7.90. The number of rotatable bonds is 6. The average molecular weight is 453 g/mol. The van der Waals surface area contributed by atoms with Gasteiger partial charge in [-0.25, -0.2) is 8.42 Å². The van der Waals surface area contributed by atoms with Crippen LogP contribution in [0.25, 0.3) is 10.9 Å². The van der Waals surface area contributed by atoms with Crippen LogP contribution in [0.4, 0.5) is 5.69 Å². The fourth-order valence-corrected chi connectivity index (χ4v) is 5.23. The van der Waals surface area contributed by atoms with Crippen LogP contribution in [0.2, 0.25) is 5.02 Å². The highest BCUT2D eigenvalue weighted by Gasteiger charge is 2.23. The van der Waals surface area contributed by atoms with E-state index in [2.05, 4.69) is 0 Å². The number of anilines is 1. The first kappa shape index (κ1) is 21.2. The van der Waals surface area contributed by atoms with Crippen molar-refractivity contribution < 1.29 is 13.2 Å². The Morgan fingerprint density at radius 2 is 1.58 bits per heavy atom. The zero-order chi connectivity index (χ0) is 22.0. The largest absolute Gasteiger partial charge is 0.337 e. The van der Waals surface area contributed by atoms with Gasteiger partial charge in [0.15, 0.2) is 9.84 Å². The molecule has 0 unspecified atom stereocenters. The maximum absolute atomic E-state index is 13.2. The molecule has 0 aliphatic carbocycles. The molecule has 0 saturated heterocycles. The normalized spacial score (nSPS) is 11.5. The Bertz CT molecular complexity index is 1330. The fraction of sp³-hybridized carbons (Fsp3) is 0.125. The summed E-state index contributed by atoms with van der Waals surface area (Å²) in [6, 6.07) is 23.3. The lowest BCUT2D eigenvalue weighted by Gasteiger charge is -2.18. The van der Waals surface area contributed by atoms with Crippen molar-refractivity contribution in [2.75, 3.05) is 11.9 Å². The maximum Gasteiger partial charge on any atom is 0.246 e. The van der Waals surface area contributed by atoms with Crippen LogP contribution >= 0.6 is 11.6 Å². The zero-order valence-corrected chi connectivity index (χ0v) is 18.5. The van der Waals surface area contributed by atoms with E-state index in [0.717, 1.165) is 5.69 Å². The molecule has 0 aliphatic heterocycles. The van der Waals surface area contributed by atoms with Crippen LogP contribution in [0.3, 0.4) is 0 Å². The van der Waals surface area contributed by atoms with Gasteiger partial charge in [0, 0.05) is 34.9 Å². The van der Waals surface area contributed by atoms with Crippen LogP contribution in [-0.2, 0) is 26.9 Å². The van der Waals surface area contributed by atoms with E-state index in [-0.39, 0.29) is 23.1 Å². The SMILES string of the molecule is CN(C(=O)Cn1cc(S(=O)(=O)Cc2ccc(Cl)cc2)c2ccccc21)c1ccccc1. The molecule has 0 radical (unpaired) electrons. The number of hydrogen-bond donors (Lipinski definition) is 0. The molecule has 0 spiro atoms. The molecular formula is C24H21ClN2O3S. The third-order valence-electron chi connectivity index (χ3n) is 5.18. The summed E-state index contributed by atoms with van der Waals surface area (Å²) < 4.78 is 28.1. The highest BCUT2D eigenvalue weighted by atomic mass is 35.5. The Labute approximate surface area is 186 Å². The Kier molecular flexibility index (Phi) is 5.85. The molecular weight excluding hydrogens is 432 g/mol. The van der Waals surface area contributed by atoms with Crippen LogP contribution < -0.4 is 4.90 Å². The Balaban J connectivity index is 1.67. The molecule has 1 heterocycles. The number of benzene rings is 3. The predicted octanol–water partition coefficient (Wildman–Crippen LogP) is 4.93. The van der Waals surface area contributed by atoms with Crippen LogP contribution in [-0.4, -0.2) is 25.9 Å². The number of halogens is 1. The highest BCUT2D eigenvalue weighted by Crippen LogP contribution is 2.28. The number of nitrogens with zero attached hydrogens (tertiary/aromatic N) is 2. The molecule has 0 atom stereocenters. The minimum absolute atomic E-state index is 0.0301. The van der Waals surface area contributed by atoms with E-state index in [9.17, 15) is 13.2 Å². The number of aromatic nitrogens is 1. The fourth-order valence-electron chi connectivity index (χ4n) is 3.52. The number of sulfone groups is 1. The van der Waals surface area contributed by atoms with E-state index >= 15 is 0 Å². The van der Waals surface area contributed by atoms with Crippen LogP contribution in [0.1, 0.15) is 5.56 Å². The van der Waals surface area contributed by atoms with Gasteiger partial charge < -0.3 is 9.47 Å². The molecule has 0 saturated carbocycles. The first-order chi connectivity index (χ1) is 14.8. The summed E-state index contributed by atoms with van der Waals surface area (Å²) in [6.07, 6.45) is 1.56. The van der Waals surface area contributed by atoms with Crippen molar-refractivity contribution in [1.29, 1.82) is 0 Å². The van der Waals surface area contributed by atoms with E-state index in [1.807, 2.05) is 42.5 Å². The summed E-state index contributed by atoms with van der Waals surface area (Å²) in [5, 5.41) is 1.16. The van der Waals surface area contributed by atoms with Gasteiger partial charge in [-0.3, -0.25) is 4.79 Å². The third kappa shape index (κ3) is 4.50. The standard InChI is InChI=1S/C24H21ClN2O3S/c1-26(20-7-3-2-4-8-20)24(28)16-27-15-23(21-9-5-6-10-22(21)27)31(29,30)17-18-11-13-19(25)14-12-18/h2-15H,16-17H2,1H3. The van der Waals surface area contributed by atoms with E-state index in [0.29, 0.717) is 21.5 Å². The van der Waals surface area contributed by atoms with Gasteiger partial charge in [-0.05, 0) is 35.9 Å². The van der Waals surface area contributed by atoms with E-state index < -0.39 is 9.84 Å². The number of amides is 1. The second-order valence-electron chi connectivity index (χ2n) is 7.31. The third-order valence-corrected chi connectivity index (χ3v) is 7.14. The summed E-state index contributed by atoms with van der Waals surface area (Å²) in [7, 11) is -1.92. The molecule has 4 rings (SSSR count).